The molecule has 0 unspecified atom stereocenters. The third-order valence-corrected chi connectivity index (χ3v) is 4.67. The lowest BCUT2D eigenvalue weighted by Crippen LogP contribution is -2.16. The van der Waals surface area contributed by atoms with Crippen LogP contribution in [-0.4, -0.2) is 28.2 Å². The second kappa shape index (κ2) is 7.42. The predicted molar refractivity (Wildman–Crippen MR) is 99.5 cm³/mol. The molecule has 7 heteroatoms. The normalized spacial score (nSPS) is 12.2. The van der Waals surface area contributed by atoms with Gasteiger partial charge in [0.2, 0.25) is 0 Å². The number of phenols is 1. The number of halogens is 2. The first kappa shape index (κ1) is 19.5. The lowest BCUT2D eigenvalue weighted by atomic mass is 9.98. The molecule has 0 amide bonds. The van der Waals surface area contributed by atoms with E-state index in [4.69, 9.17) is 4.74 Å². The summed E-state index contributed by atoms with van der Waals surface area (Å²) >= 11 is 0. The second-order valence-electron chi connectivity index (χ2n) is 6.44. The Labute approximate surface area is 160 Å². The lowest BCUT2D eigenvalue weighted by molar-refractivity contribution is -0.144. The zero-order valence-corrected chi connectivity index (χ0v) is 15.6. The number of carbonyl (C=O) groups is 2. The van der Waals surface area contributed by atoms with Crippen LogP contribution in [0, 0.1) is 18.6 Å². The molecule has 0 aliphatic heterocycles. The van der Waals surface area contributed by atoms with Gasteiger partial charge in [-0.1, -0.05) is 6.07 Å². The molecule has 1 aromatic heterocycles. The largest absolute Gasteiger partial charge is 0.505 e. The molecule has 0 fully saturated rings. The van der Waals surface area contributed by atoms with Crippen LogP contribution in [0.15, 0.2) is 36.4 Å². The van der Waals surface area contributed by atoms with Gasteiger partial charge < -0.3 is 9.84 Å². The van der Waals surface area contributed by atoms with Gasteiger partial charge in [0.1, 0.15) is 5.82 Å². The molecular weight excluding hydrogens is 368 g/mol. The van der Waals surface area contributed by atoms with Crippen LogP contribution in [0.3, 0.4) is 0 Å². The third kappa shape index (κ3) is 3.24. The van der Waals surface area contributed by atoms with E-state index in [1.54, 1.807) is 20.8 Å². The molecule has 2 aromatic carbocycles. The topological polar surface area (TPSA) is 68.5 Å². The summed E-state index contributed by atoms with van der Waals surface area (Å²) < 4.78 is 33.9. The summed E-state index contributed by atoms with van der Waals surface area (Å²) in [6, 6.07) is 7.34. The van der Waals surface area contributed by atoms with Crippen molar-refractivity contribution in [2.45, 2.75) is 26.7 Å². The minimum absolute atomic E-state index is 0.0730. The SMILES string of the molecule is CCOC(=O)[C@H](C)c1c(C)n(C(=O)c2cccc(F)c2)c2cc(F)c(O)cc12. The van der Waals surface area contributed by atoms with Gasteiger partial charge in [-0.15, -0.1) is 0 Å². The number of fused-ring (bicyclic) bond motifs is 1. The summed E-state index contributed by atoms with van der Waals surface area (Å²) in [6.07, 6.45) is 0. The average Bonchev–Trinajstić information content (AvgIpc) is 2.92. The highest BCUT2D eigenvalue weighted by Crippen LogP contribution is 2.36. The van der Waals surface area contributed by atoms with Crippen molar-refractivity contribution in [2.24, 2.45) is 0 Å². The second-order valence-corrected chi connectivity index (χ2v) is 6.44. The van der Waals surface area contributed by atoms with Crippen molar-refractivity contribution >= 4 is 22.8 Å². The molecule has 1 N–H and O–H groups in total. The van der Waals surface area contributed by atoms with E-state index in [1.807, 2.05) is 0 Å². The number of phenolic OH excluding ortho intramolecular Hbond substituents is 1. The Hall–Kier alpha value is -3.22. The van der Waals surface area contributed by atoms with E-state index >= 15 is 0 Å². The summed E-state index contributed by atoms with van der Waals surface area (Å²) in [4.78, 5) is 25.3. The Morgan fingerprint density at radius 1 is 1.21 bits per heavy atom. The Morgan fingerprint density at radius 2 is 1.93 bits per heavy atom. The van der Waals surface area contributed by atoms with Crippen LogP contribution in [0.25, 0.3) is 10.9 Å². The van der Waals surface area contributed by atoms with Crippen LogP contribution in [0.5, 0.6) is 5.75 Å². The first-order valence-corrected chi connectivity index (χ1v) is 8.76. The van der Waals surface area contributed by atoms with E-state index in [0.717, 1.165) is 12.1 Å². The molecule has 146 valence electrons. The maximum absolute atomic E-state index is 14.1. The van der Waals surface area contributed by atoms with E-state index in [1.165, 1.54) is 28.8 Å². The molecule has 1 heterocycles. The van der Waals surface area contributed by atoms with E-state index in [-0.39, 0.29) is 17.7 Å². The van der Waals surface area contributed by atoms with Crippen molar-refractivity contribution in [1.82, 2.24) is 4.57 Å². The number of hydrogen-bond donors (Lipinski definition) is 1. The van der Waals surface area contributed by atoms with Gasteiger partial charge in [-0.25, -0.2) is 8.78 Å². The van der Waals surface area contributed by atoms with Gasteiger partial charge in [-0.05, 0) is 50.6 Å². The Balaban J connectivity index is 2.28. The maximum Gasteiger partial charge on any atom is 0.313 e. The zero-order chi connectivity index (χ0) is 20.6. The molecule has 0 aliphatic rings. The highest BCUT2D eigenvalue weighted by molar-refractivity contribution is 6.05. The number of hydrogen-bond acceptors (Lipinski definition) is 4. The van der Waals surface area contributed by atoms with Crippen molar-refractivity contribution in [3.8, 4) is 5.75 Å². The molecule has 1 atom stereocenters. The molecule has 3 aromatic rings. The first-order valence-electron chi connectivity index (χ1n) is 8.76. The van der Waals surface area contributed by atoms with Crippen molar-refractivity contribution in [3.05, 3.63) is 64.9 Å². The summed E-state index contributed by atoms with van der Waals surface area (Å²) in [5.74, 6) is -3.92. The summed E-state index contributed by atoms with van der Waals surface area (Å²) in [6.45, 7) is 5.08. The number of aromatic nitrogens is 1. The van der Waals surface area contributed by atoms with Crippen molar-refractivity contribution < 1.29 is 28.2 Å². The van der Waals surface area contributed by atoms with Crippen LogP contribution in [0.1, 0.15) is 41.4 Å². The molecule has 0 saturated carbocycles. The summed E-state index contributed by atoms with van der Waals surface area (Å²) in [7, 11) is 0. The van der Waals surface area contributed by atoms with Gasteiger partial charge in [0.05, 0.1) is 18.0 Å². The summed E-state index contributed by atoms with van der Waals surface area (Å²) in [5.41, 5.74) is 1.07. The predicted octanol–water partition coefficient (Wildman–Crippen LogP) is 4.29. The Kier molecular flexibility index (Phi) is 5.18. The number of aromatic hydroxyl groups is 1. The molecule has 5 nitrogen and oxygen atoms in total. The van der Waals surface area contributed by atoms with Crippen molar-refractivity contribution in [1.29, 1.82) is 0 Å². The van der Waals surface area contributed by atoms with Crippen LogP contribution in [-0.2, 0) is 9.53 Å². The Morgan fingerprint density at radius 3 is 2.57 bits per heavy atom. The van der Waals surface area contributed by atoms with Gasteiger partial charge in [0, 0.05) is 22.7 Å². The van der Waals surface area contributed by atoms with E-state index in [0.29, 0.717) is 16.6 Å². The standard InChI is InChI=1S/C21H19F2NO4/c1-4-28-21(27)11(2)19-12(3)24(17-10-16(23)18(25)9-15(17)19)20(26)13-6-5-7-14(22)8-13/h5-11,25H,4H2,1-3H3/t11-/m1/s1. The number of ether oxygens (including phenoxy) is 1. The average molecular weight is 387 g/mol. The van der Waals surface area contributed by atoms with E-state index in [2.05, 4.69) is 0 Å². The van der Waals surface area contributed by atoms with Crippen molar-refractivity contribution in [2.75, 3.05) is 6.61 Å². The lowest BCUT2D eigenvalue weighted by Gasteiger charge is -2.12. The maximum atomic E-state index is 14.1. The molecule has 0 spiro atoms. The fourth-order valence-electron chi connectivity index (χ4n) is 3.39. The third-order valence-electron chi connectivity index (χ3n) is 4.67. The number of carbonyl (C=O) groups excluding carboxylic acids is 2. The highest BCUT2D eigenvalue weighted by Gasteiger charge is 2.28. The number of esters is 1. The minimum Gasteiger partial charge on any atom is -0.505 e. The summed E-state index contributed by atoms with van der Waals surface area (Å²) in [5, 5.41) is 10.2. The fraction of sp³-hybridized carbons (Fsp3) is 0.238. The number of benzene rings is 2. The van der Waals surface area contributed by atoms with Crippen molar-refractivity contribution in [3.63, 3.8) is 0 Å². The van der Waals surface area contributed by atoms with Gasteiger partial charge in [-0.3, -0.25) is 14.2 Å². The minimum atomic E-state index is -0.909. The molecule has 0 saturated heterocycles. The molecule has 0 bridgehead atoms. The Bertz CT molecular complexity index is 1090. The quantitative estimate of drug-likeness (QED) is 0.678. The fourth-order valence-corrected chi connectivity index (χ4v) is 3.39. The van der Waals surface area contributed by atoms with Gasteiger partial charge >= 0.3 is 5.97 Å². The van der Waals surface area contributed by atoms with Crippen LogP contribution in [0.2, 0.25) is 0 Å². The van der Waals surface area contributed by atoms with Gasteiger partial charge in [0.25, 0.3) is 5.91 Å². The smallest absolute Gasteiger partial charge is 0.313 e. The van der Waals surface area contributed by atoms with Gasteiger partial charge in [-0.2, -0.15) is 0 Å². The molecular formula is C21H19F2NO4. The molecule has 28 heavy (non-hydrogen) atoms. The zero-order valence-electron chi connectivity index (χ0n) is 15.6. The van der Waals surface area contributed by atoms with E-state index < -0.39 is 35.2 Å². The number of rotatable bonds is 4. The van der Waals surface area contributed by atoms with Crippen LogP contribution < -0.4 is 0 Å². The molecule has 0 aliphatic carbocycles. The first-order chi connectivity index (χ1) is 13.3. The van der Waals surface area contributed by atoms with E-state index in [9.17, 15) is 23.5 Å². The monoisotopic (exact) mass is 387 g/mol. The molecule has 0 radical (unpaired) electrons. The molecule has 3 rings (SSSR count). The van der Waals surface area contributed by atoms with Crippen LogP contribution >= 0.6 is 0 Å². The number of nitrogens with zero attached hydrogens (tertiary/aromatic N) is 1. The van der Waals surface area contributed by atoms with Gasteiger partial charge in [0.15, 0.2) is 11.6 Å². The van der Waals surface area contributed by atoms with Crippen LogP contribution in [0.4, 0.5) is 8.78 Å². The highest BCUT2D eigenvalue weighted by atomic mass is 19.1.